The van der Waals surface area contributed by atoms with Crippen LogP contribution in [-0.4, -0.2) is 89.6 Å². The molecule has 0 rings (SSSR count). The summed E-state index contributed by atoms with van der Waals surface area (Å²) in [5.41, 5.74) is 0. The Morgan fingerprint density at radius 3 is 0.294 bits per heavy atom. The molecule has 0 fully saturated rings. The van der Waals surface area contributed by atoms with Gasteiger partial charge in [0.15, 0.2) is 0 Å². The Morgan fingerprint density at radius 2 is 0.294 bits per heavy atom. The fourth-order valence-corrected chi connectivity index (χ4v) is 0. The third-order valence-corrected chi connectivity index (χ3v) is 0. The molecule has 17 heteroatoms. The molecule has 0 unspecified atom stereocenters. The van der Waals surface area contributed by atoms with Crippen LogP contribution in [0.25, 0.3) is 0 Å². The van der Waals surface area contributed by atoms with Crippen LogP contribution in [0.2, 0.25) is 0 Å². The van der Waals surface area contributed by atoms with Crippen molar-refractivity contribution in [2.24, 2.45) is 0 Å². The van der Waals surface area contributed by atoms with E-state index < -0.39 is 29.3 Å². The first kappa shape index (κ1) is 30.4. The van der Waals surface area contributed by atoms with Gasteiger partial charge in [-0.1, -0.05) is 0 Å². The van der Waals surface area contributed by atoms with Crippen LogP contribution in [0.5, 0.6) is 0 Å². The molecule has 0 aliphatic heterocycles. The van der Waals surface area contributed by atoms with Gasteiger partial charge in [0.2, 0.25) is 0 Å². The average molecular weight is 313 g/mol. The largest absolute Gasteiger partial charge is 0.631 e. The van der Waals surface area contributed by atoms with Crippen molar-refractivity contribution >= 4 is 29.3 Å². The SMILES string of the molecule is OB(O)O.OB(O)O.OB(O)O.OB(O)O.[Zn]. The van der Waals surface area contributed by atoms with Gasteiger partial charge in [-0.2, -0.15) is 0 Å². The maximum Gasteiger partial charge on any atom is 0.631 e. The molecule has 98 valence electrons. The molecule has 0 aliphatic rings. The van der Waals surface area contributed by atoms with Gasteiger partial charge in [-0.3, -0.25) is 0 Å². The normalized spacial score (nSPS) is 6.35. The second-order valence-corrected chi connectivity index (χ2v) is 1.39. The number of hydrogen-bond donors (Lipinski definition) is 12. The average Bonchev–Trinajstić information content (AvgIpc) is 1.76. The molecule has 0 bridgehead atoms. The van der Waals surface area contributed by atoms with Gasteiger partial charge < -0.3 is 60.3 Å². The van der Waals surface area contributed by atoms with Crippen molar-refractivity contribution in [3.8, 4) is 0 Å². The molecule has 0 saturated carbocycles. The van der Waals surface area contributed by atoms with Crippen molar-refractivity contribution in [3.05, 3.63) is 0 Å². The summed E-state index contributed by atoms with van der Waals surface area (Å²) in [5.74, 6) is 0. The van der Waals surface area contributed by atoms with Gasteiger partial charge >= 0.3 is 29.3 Å². The summed E-state index contributed by atoms with van der Waals surface area (Å²) >= 11 is 0. The van der Waals surface area contributed by atoms with E-state index in [-0.39, 0.29) is 19.5 Å². The zero-order valence-corrected chi connectivity index (χ0v) is 11.4. The van der Waals surface area contributed by atoms with Gasteiger partial charge in [0.05, 0.1) is 0 Å². The van der Waals surface area contributed by atoms with Crippen LogP contribution in [0.15, 0.2) is 0 Å². The topological polar surface area (TPSA) is 243 Å². The van der Waals surface area contributed by atoms with Gasteiger partial charge in [-0.05, 0) is 0 Å². The quantitative estimate of drug-likeness (QED) is 0.186. The molecular weight excluding hydrogens is 301 g/mol. The molecule has 17 heavy (non-hydrogen) atoms. The molecule has 0 saturated heterocycles. The Kier molecular flexibility index (Phi) is 45.3. The van der Waals surface area contributed by atoms with Crippen LogP contribution in [0.3, 0.4) is 0 Å². The Hall–Kier alpha value is 0.403. The first-order valence-corrected chi connectivity index (χ1v) is 3.10. The van der Waals surface area contributed by atoms with Gasteiger partial charge in [0, 0.05) is 19.5 Å². The zero-order chi connectivity index (χ0) is 14.3. The molecule has 12 N–H and O–H groups in total. The smallest absolute Gasteiger partial charge is 0.402 e. The van der Waals surface area contributed by atoms with Crippen LogP contribution in [-0.2, 0) is 19.5 Å². The Balaban J connectivity index is -0.0000000369. The minimum absolute atomic E-state index is 0. The van der Waals surface area contributed by atoms with Crippen molar-refractivity contribution in [3.63, 3.8) is 0 Å². The number of rotatable bonds is 0. The number of hydrogen-bond acceptors (Lipinski definition) is 12. The summed E-state index contributed by atoms with van der Waals surface area (Å²) in [6, 6.07) is 0. The third-order valence-electron chi connectivity index (χ3n) is 0. The van der Waals surface area contributed by atoms with E-state index >= 15 is 0 Å². The summed E-state index contributed by atoms with van der Waals surface area (Å²) in [6.45, 7) is 0. The van der Waals surface area contributed by atoms with Gasteiger partial charge in [-0.15, -0.1) is 0 Å². The maximum atomic E-state index is 7.17. The predicted octanol–water partition coefficient (Wildman–Crippen LogP) is -8.21. The maximum absolute atomic E-state index is 7.17. The molecule has 0 aromatic carbocycles. The van der Waals surface area contributed by atoms with Gasteiger partial charge in [0.25, 0.3) is 0 Å². The van der Waals surface area contributed by atoms with E-state index in [1.165, 1.54) is 0 Å². The zero-order valence-electron chi connectivity index (χ0n) is 8.38. The molecule has 0 amide bonds. The first-order valence-electron chi connectivity index (χ1n) is 3.10. The van der Waals surface area contributed by atoms with E-state index in [2.05, 4.69) is 0 Å². The van der Waals surface area contributed by atoms with Crippen molar-refractivity contribution in [2.75, 3.05) is 0 Å². The van der Waals surface area contributed by atoms with E-state index in [0.717, 1.165) is 0 Å². The van der Waals surface area contributed by atoms with Crippen LogP contribution in [0, 0.1) is 0 Å². The molecule has 12 nitrogen and oxygen atoms in total. The van der Waals surface area contributed by atoms with Crippen molar-refractivity contribution in [1.82, 2.24) is 0 Å². The third kappa shape index (κ3) is 20900. The minimum Gasteiger partial charge on any atom is -0.402 e. The minimum atomic E-state index is -2.17. The predicted molar refractivity (Wildman–Crippen MR) is 49.6 cm³/mol. The molecular formula is H12B4O12Zn. The monoisotopic (exact) mass is 312 g/mol. The van der Waals surface area contributed by atoms with E-state index in [1.54, 1.807) is 0 Å². The summed E-state index contributed by atoms with van der Waals surface area (Å²) in [6.07, 6.45) is 0. The summed E-state index contributed by atoms with van der Waals surface area (Å²) in [4.78, 5) is 0. The van der Waals surface area contributed by atoms with Crippen molar-refractivity contribution in [1.29, 1.82) is 0 Å². The summed E-state index contributed by atoms with van der Waals surface area (Å²) < 4.78 is 0. The van der Waals surface area contributed by atoms with Crippen molar-refractivity contribution in [2.45, 2.75) is 0 Å². The molecule has 0 spiro atoms. The fourth-order valence-electron chi connectivity index (χ4n) is 0. The second kappa shape index (κ2) is 25.3. The first-order chi connectivity index (χ1) is 6.93. The molecule has 0 atom stereocenters. The fraction of sp³-hybridized carbons (Fsp3) is 0. The van der Waals surface area contributed by atoms with E-state index in [4.69, 9.17) is 60.3 Å². The Morgan fingerprint density at radius 1 is 0.294 bits per heavy atom. The Labute approximate surface area is 110 Å². The summed E-state index contributed by atoms with van der Waals surface area (Å²) in [7, 11) is -8.67. The van der Waals surface area contributed by atoms with Crippen LogP contribution in [0.1, 0.15) is 0 Å². The Bertz CT molecular complexity index is 61.5. The second-order valence-electron chi connectivity index (χ2n) is 1.39. The molecule has 0 aromatic heterocycles. The van der Waals surface area contributed by atoms with Gasteiger partial charge in [0.1, 0.15) is 0 Å². The molecule has 0 aliphatic carbocycles. The van der Waals surface area contributed by atoms with E-state index in [9.17, 15) is 0 Å². The van der Waals surface area contributed by atoms with E-state index in [1.807, 2.05) is 0 Å². The molecule has 0 radical (unpaired) electrons. The van der Waals surface area contributed by atoms with Crippen LogP contribution < -0.4 is 0 Å². The van der Waals surface area contributed by atoms with E-state index in [0.29, 0.717) is 0 Å². The van der Waals surface area contributed by atoms with Gasteiger partial charge in [-0.25, -0.2) is 0 Å². The van der Waals surface area contributed by atoms with Crippen LogP contribution >= 0.6 is 0 Å². The van der Waals surface area contributed by atoms with Crippen molar-refractivity contribution < 1.29 is 79.8 Å². The summed E-state index contributed by atoms with van der Waals surface area (Å²) in [5, 5.41) is 86.0. The molecule has 0 aromatic rings. The molecule has 0 heterocycles. The standard InChI is InChI=1S/4BH3O3.Zn/c4*2-1(3)4;/h4*2-4H;. The van der Waals surface area contributed by atoms with Crippen LogP contribution in [0.4, 0.5) is 0 Å².